The lowest BCUT2D eigenvalue weighted by Gasteiger charge is -2.20. The van der Waals surface area contributed by atoms with Crippen molar-refractivity contribution in [3.8, 4) is 5.75 Å². The lowest BCUT2D eigenvalue weighted by Crippen LogP contribution is -2.30. The minimum Gasteiger partial charge on any atom is -0.492 e. The average Bonchev–Trinajstić information content (AvgIpc) is 2.83. The van der Waals surface area contributed by atoms with E-state index in [2.05, 4.69) is 11.9 Å². The van der Waals surface area contributed by atoms with E-state index in [-0.39, 0.29) is 5.91 Å². The largest absolute Gasteiger partial charge is 0.492 e. The highest BCUT2D eigenvalue weighted by atomic mass is 16.5. The number of carbonyl (C=O) groups excluding carboxylic acids is 1. The van der Waals surface area contributed by atoms with E-state index < -0.39 is 0 Å². The van der Waals surface area contributed by atoms with E-state index in [9.17, 15) is 4.79 Å². The van der Waals surface area contributed by atoms with E-state index in [1.165, 1.54) is 19.4 Å². The molecule has 0 radical (unpaired) electrons. The van der Waals surface area contributed by atoms with Crippen molar-refractivity contribution in [3.63, 3.8) is 0 Å². The van der Waals surface area contributed by atoms with Gasteiger partial charge in [0.05, 0.1) is 0 Å². The van der Waals surface area contributed by atoms with Crippen molar-refractivity contribution in [3.05, 3.63) is 29.8 Å². The summed E-state index contributed by atoms with van der Waals surface area (Å²) in [6, 6.07) is 8.55. The molecule has 4 nitrogen and oxygen atoms in total. The number of rotatable bonds is 5. The summed E-state index contributed by atoms with van der Waals surface area (Å²) >= 11 is 0. The summed E-state index contributed by atoms with van der Waals surface area (Å²) in [5.74, 6) is 0.981. The van der Waals surface area contributed by atoms with Crippen LogP contribution in [0.3, 0.4) is 0 Å². The Morgan fingerprint density at radius 2 is 2.10 bits per heavy atom. The molecular weight excluding hydrogens is 252 g/mol. The third-order valence-corrected chi connectivity index (χ3v) is 3.99. The molecule has 0 aromatic heterocycles. The maximum atomic E-state index is 11.2. The van der Waals surface area contributed by atoms with Crippen molar-refractivity contribution in [2.45, 2.75) is 32.4 Å². The van der Waals surface area contributed by atoms with Gasteiger partial charge in [0, 0.05) is 26.6 Å². The summed E-state index contributed by atoms with van der Waals surface area (Å²) in [5.41, 5.74) is 1.12. The molecule has 0 bridgehead atoms. The molecule has 1 aliphatic rings. The van der Waals surface area contributed by atoms with Gasteiger partial charge in [-0.1, -0.05) is 12.1 Å². The van der Waals surface area contributed by atoms with Crippen molar-refractivity contribution in [1.82, 2.24) is 9.80 Å². The highest BCUT2D eigenvalue weighted by Crippen LogP contribution is 2.18. The second-order valence-corrected chi connectivity index (χ2v) is 5.61. The smallest absolute Gasteiger partial charge is 0.219 e. The Hall–Kier alpha value is -1.55. The van der Waals surface area contributed by atoms with Gasteiger partial charge < -0.3 is 14.5 Å². The van der Waals surface area contributed by atoms with Crippen LogP contribution in [0.1, 0.15) is 25.3 Å². The maximum absolute atomic E-state index is 11.2. The van der Waals surface area contributed by atoms with Gasteiger partial charge >= 0.3 is 0 Å². The SMILES string of the molecule is CC(=O)N(C)Cc1ccc(OCC2CCCN2C)cc1. The van der Waals surface area contributed by atoms with Crippen LogP contribution >= 0.6 is 0 Å². The number of likely N-dealkylation sites (tertiary alicyclic amines) is 1. The van der Waals surface area contributed by atoms with E-state index in [1.807, 2.05) is 31.3 Å². The van der Waals surface area contributed by atoms with Gasteiger partial charge in [0.1, 0.15) is 12.4 Å². The van der Waals surface area contributed by atoms with Gasteiger partial charge in [0.25, 0.3) is 0 Å². The molecule has 1 fully saturated rings. The van der Waals surface area contributed by atoms with Gasteiger partial charge in [0.15, 0.2) is 0 Å². The lowest BCUT2D eigenvalue weighted by atomic mass is 10.2. The number of hydrogen-bond acceptors (Lipinski definition) is 3. The van der Waals surface area contributed by atoms with Crippen molar-refractivity contribution in [2.75, 3.05) is 27.2 Å². The Bertz CT molecular complexity index is 444. The molecule has 1 aromatic rings. The van der Waals surface area contributed by atoms with Crippen molar-refractivity contribution in [1.29, 1.82) is 0 Å². The van der Waals surface area contributed by atoms with Crippen LogP contribution in [-0.2, 0) is 11.3 Å². The molecule has 0 saturated carbocycles. The summed E-state index contributed by atoms with van der Waals surface area (Å²) in [7, 11) is 3.96. The standard InChI is InChI=1S/C16H24N2O2/c1-13(19)18(3)11-14-6-8-16(9-7-14)20-12-15-5-4-10-17(15)2/h6-9,15H,4-5,10-12H2,1-3H3. The van der Waals surface area contributed by atoms with Crippen LogP contribution in [0.25, 0.3) is 0 Å². The molecule has 1 saturated heterocycles. The van der Waals surface area contributed by atoms with E-state index in [1.54, 1.807) is 11.8 Å². The summed E-state index contributed by atoms with van der Waals surface area (Å²) in [5, 5.41) is 0. The van der Waals surface area contributed by atoms with Crippen LogP contribution in [0, 0.1) is 0 Å². The van der Waals surface area contributed by atoms with Crippen molar-refractivity contribution >= 4 is 5.91 Å². The first kappa shape index (κ1) is 14.9. The first-order valence-corrected chi connectivity index (χ1v) is 7.20. The number of likely N-dealkylation sites (N-methyl/N-ethyl adjacent to an activating group) is 1. The minimum atomic E-state index is 0.0783. The van der Waals surface area contributed by atoms with Gasteiger partial charge in [-0.05, 0) is 44.1 Å². The Balaban J connectivity index is 1.83. The molecule has 110 valence electrons. The first-order valence-electron chi connectivity index (χ1n) is 7.20. The first-order chi connectivity index (χ1) is 9.56. The third-order valence-electron chi connectivity index (χ3n) is 3.99. The van der Waals surface area contributed by atoms with Crippen LogP contribution in [-0.4, -0.2) is 49.0 Å². The van der Waals surface area contributed by atoms with E-state index in [4.69, 9.17) is 4.74 Å². The molecular formula is C16H24N2O2. The molecule has 1 heterocycles. The summed E-state index contributed by atoms with van der Waals surface area (Å²) < 4.78 is 5.85. The third kappa shape index (κ3) is 3.97. The second kappa shape index (κ2) is 6.75. The normalized spacial score (nSPS) is 19.1. The number of nitrogens with zero attached hydrogens (tertiary/aromatic N) is 2. The highest BCUT2D eigenvalue weighted by Gasteiger charge is 2.21. The monoisotopic (exact) mass is 276 g/mol. The maximum Gasteiger partial charge on any atom is 0.219 e. The minimum absolute atomic E-state index is 0.0783. The second-order valence-electron chi connectivity index (χ2n) is 5.61. The highest BCUT2D eigenvalue weighted by molar-refractivity contribution is 5.72. The molecule has 1 unspecified atom stereocenters. The predicted molar refractivity (Wildman–Crippen MR) is 79.7 cm³/mol. The zero-order valence-electron chi connectivity index (χ0n) is 12.6. The molecule has 20 heavy (non-hydrogen) atoms. The van der Waals surface area contributed by atoms with Gasteiger partial charge in [-0.3, -0.25) is 4.79 Å². The molecule has 4 heteroatoms. The van der Waals surface area contributed by atoms with E-state index in [0.717, 1.165) is 17.9 Å². The fourth-order valence-electron chi connectivity index (χ4n) is 2.46. The zero-order valence-corrected chi connectivity index (χ0v) is 12.6. The molecule has 1 atom stereocenters. The Labute approximate surface area is 121 Å². The summed E-state index contributed by atoms with van der Waals surface area (Å²) in [6.45, 7) is 4.14. The number of ether oxygens (including phenoxy) is 1. The molecule has 1 aliphatic heterocycles. The Kier molecular flexibility index (Phi) is 5.01. The number of hydrogen-bond donors (Lipinski definition) is 0. The van der Waals surface area contributed by atoms with Gasteiger partial charge in [-0.2, -0.15) is 0 Å². The fourth-order valence-corrected chi connectivity index (χ4v) is 2.46. The van der Waals surface area contributed by atoms with Crippen molar-refractivity contribution < 1.29 is 9.53 Å². The van der Waals surface area contributed by atoms with Crippen LogP contribution in [0.2, 0.25) is 0 Å². The molecule has 0 aliphatic carbocycles. The lowest BCUT2D eigenvalue weighted by molar-refractivity contribution is -0.128. The van der Waals surface area contributed by atoms with E-state index in [0.29, 0.717) is 12.6 Å². The Morgan fingerprint density at radius 3 is 2.65 bits per heavy atom. The number of amides is 1. The van der Waals surface area contributed by atoms with Crippen LogP contribution in [0.15, 0.2) is 24.3 Å². The van der Waals surface area contributed by atoms with Crippen molar-refractivity contribution in [2.24, 2.45) is 0 Å². The van der Waals surface area contributed by atoms with Gasteiger partial charge in [-0.25, -0.2) is 0 Å². The van der Waals surface area contributed by atoms with Gasteiger partial charge in [-0.15, -0.1) is 0 Å². The molecule has 1 aromatic carbocycles. The molecule has 0 spiro atoms. The summed E-state index contributed by atoms with van der Waals surface area (Å²) in [4.78, 5) is 15.2. The number of carbonyl (C=O) groups is 1. The van der Waals surface area contributed by atoms with Crippen LogP contribution < -0.4 is 4.74 Å². The number of benzene rings is 1. The van der Waals surface area contributed by atoms with E-state index >= 15 is 0 Å². The van der Waals surface area contributed by atoms with Crippen LogP contribution in [0.5, 0.6) is 5.75 Å². The topological polar surface area (TPSA) is 32.8 Å². The quantitative estimate of drug-likeness (QED) is 0.826. The molecule has 2 rings (SSSR count). The predicted octanol–water partition coefficient (Wildman–Crippen LogP) is 2.14. The Morgan fingerprint density at radius 1 is 1.40 bits per heavy atom. The average molecular weight is 276 g/mol. The summed E-state index contributed by atoms with van der Waals surface area (Å²) in [6.07, 6.45) is 2.48. The fraction of sp³-hybridized carbons (Fsp3) is 0.562. The zero-order chi connectivity index (χ0) is 14.5. The van der Waals surface area contributed by atoms with Gasteiger partial charge in [0.2, 0.25) is 5.91 Å². The van der Waals surface area contributed by atoms with Crippen LogP contribution in [0.4, 0.5) is 0 Å². The molecule has 0 N–H and O–H groups in total. The molecule has 1 amide bonds.